The quantitative estimate of drug-likeness (QED) is 0.410. The molecule has 6 nitrogen and oxygen atoms in total. The zero-order chi connectivity index (χ0) is 19.4. The second kappa shape index (κ2) is 8.81. The minimum atomic E-state index is -1.40. The van der Waals surface area contributed by atoms with Gasteiger partial charge in [-0.05, 0) is 31.2 Å². The summed E-state index contributed by atoms with van der Waals surface area (Å²) in [6, 6.07) is 16.9. The molecule has 3 rings (SSSR count). The zero-order valence-electron chi connectivity index (χ0n) is 14.5. The van der Waals surface area contributed by atoms with E-state index in [1.807, 2.05) is 0 Å². The summed E-state index contributed by atoms with van der Waals surface area (Å²) in [6.07, 6.45) is -3.78. The maximum atomic E-state index is 12.5. The van der Waals surface area contributed by atoms with Gasteiger partial charge in [0.1, 0.15) is 0 Å². The average molecular weight is 482 g/mol. The van der Waals surface area contributed by atoms with Gasteiger partial charge < -0.3 is 19.3 Å². The minimum Gasteiger partial charge on any atom is -0.453 e. The van der Waals surface area contributed by atoms with Crippen LogP contribution in [0.1, 0.15) is 27.6 Å². The highest BCUT2D eigenvalue weighted by atomic mass is 127. The highest BCUT2D eigenvalue weighted by Crippen LogP contribution is 2.31. The number of aliphatic hydroxyl groups excluding tert-OH is 1. The number of halogens is 1. The molecule has 2 aromatic rings. The molecule has 0 bridgehead atoms. The summed E-state index contributed by atoms with van der Waals surface area (Å²) >= 11 is 2.08. The van der Waals surface area contributed by atoms with Gasteiger partial charge in [0.15, 0.2) is 18.5 Å². The maximum Gasteiger partial charge on any atom is 0.338 e. The Kier molecular flexibility index (Phi) is 6.46. The molecule has 0 aromatic heterocycles. The Balaban J connectivity index is 1.80. The molecule has 0 saturated carbocycles. The van der Waals surface area contributed by atoms with Crippen molar-refractivity contribution in [3.63, 3.8) is 0 Å². The van der Waals surface area contributed by atoms with Crippen LogP contribution in [0.15, 0.2) is 60.7 Å². The maximum absolute atomic E-state index is 12.5. The molecule has 27 heavy (non-hydrogen) atoms. The number of carbonyl (C=O) groups excluding carboxylic acids is 2. The number of carbonyl (C=O) groups is 2. The molecular weight excluding hydrogens is 463 g/mol. The van der Waals surface area contributed by atoms with Crippen molar-refractivity contribution in [2.24, 2.45) is 0 Å². The molecule has 1 saturated heterocycles. The molecule has 1 aliphatic heterocycles. The molecule has 0 aliphatic carbocycles. The van der Waals surface area contributed by atoms with Gasteiger partial charge in [-0.15, -0.1) is 0 Å². The predicted molar refractivity (Wildman–Crippen MR) is 106 cm³/mol. The van der Waals surface area contributed by atoms with Gasteiger partial charge in [0.25, 0.3) is 0 Å². The summed E-state index contributed by atoms with van der Waals surface area (Å²) < 4.78 is 16.2. The lowest BCUT2D eigenvalue weighted by atomic mass is 10.0. The lowest BCUT2D eigenvalue weighted by Crippen LogP contribution is -2.57. The smallest absolute Gasteiger partial charge is 0.338 e. The number of esters is 2. The van der Waals surface area contributed by atoms with Crippen LogP contribution in [0.25, 0.3) is 0 Å². The number of aliphatic hydroxyl groups is 1. The molecule has 2 aromatic carbocycles. The number of hydrogen-bond acceptors (Lipinski definition) is 6. The Morgan fingerprint density at radius 2 is 1.33 bits per heavy atom. The fourth-order valence-electron chi connectivity index (χ4n) is 2.77. The first kappa shape index (κ1) is 19.8. The first-order valence-corrected chi connectivity index (χ1v) is 9.71. The number of rotatable bonds is 4. The Morgan fingerprint density at radius 1 is 0.889 bits per heavy atom. The summed E-state index contributed by atoms with van der Waals surface area (Å²) in [7, 11) is 0. The fraction of sp³-hybridized carbons (Fsp3) is 0.300. The van der Waals surface area contributed by atoms with Crippen LogP contribution in [0.4, 0.5) is 0 Å². The third kappa shape index (κ3) is 4.66. The molecule has 1 aliphatic rings. The summed E-state index contributed by atoms with van der Waals surface area (Å²) in [5.74, 6) is -1.17. The molecule has 0 spiro atoms. The summed E-state index contributed by atoms with van der Waals surface area (Å²) in [5.41, 5.74) is 0.712. The highest BCUT2D eigenvalue weighted by Gasteiger charge is 2.47. The Labute approximate surface area is 170 Å². The van der Waals surface area contributed by atoms with Gasteiger partial charge in [0.05, 0.1) is 21.2 Å². The highest BCUT2D eigenvalue weighted by molar-refractivity contribution is 14.1. The van der Waals surface area contributed by atoms with Crippen LogP contribution in [-0.2, 0) is 14.2 Å². The van der Waals surface area contributed by atoms with Gasteiger partial charge >= 0.3 is 11.9 Å². The predicted octanol–water partition coefficient (Wildman–Crippen LogP) is 2.98. The van der Waals surface area contributed by atoms with Crippen molar-refractivity contribution in [3.8, 4) is 0 Å². The lowest BCUT2D eigenvalue weighted by molar-refractivity contribution is -0.237. The van der Waals surface area contributed by atoms with E-state index in [0.29, 0.717) is 11.1 Å². The van der Waals surface area contributed by atoms with E-state index in [0.717, 1.165) is 0 Å². The first-order chi connectivity index (χ1) is 13.0. The van der Waals surface area contributed by atoms with Gasteiger partial charge in [-0.2, -0.15) is 0 Å². The molecule has 1 heterocycles. The SMILES string of the molecule is C[C@@H]1O[C@@H](O)[C@@H](OC(=O)c2ccccc2)[C@@H](OC(=O)c2ccccc2)[C@H]1I. The monoisotopic (exact) mass is 482 g/mol. The van der Waals surface area contributed by atoms with E-state index in [-0.39, 0.29) is 10.0 Å². The molecule has 0 unspecified atom stereocenters. The van der Waals surface area contributed by atoms with Crippen LogP contribution < -0.4 is 0 Å². The van der Waals surface area contributed by atoms with Crippen LogP contribution in [0.2, 0.25) is 0 Å². The molecule has 1 N–H and O–H groups in total. The van der Waals surface area contributed by atoms with E-state index in [1.54, 1.807) is 67.6 Å². The topological polar surface area (TPSA) is 82.1 Å². The van der Waals surface area contributed by atoms with Gasteiger partial charge in [-0.1, -0.05) is 59.0 Å². The zero-order valence-corrected chi connectivity index (χ0v) is 16.7. The summed E-state index contributed by atoms with van der Waals surface area (Å²) in [5, 5.41) is 10.3. The number of alkyl halides is 1. The van der Waals surface area contributed by atoms with Gasteiger partial charge in [-0.25, -0.2) is 9.59 Å². The van der Waals surface area contributed by atoms with Crippen LogP contribution in [0.3, 0.4) is 0 Å². The molecule has 1 fully saturated rings. The molecular formula is C20H19IO6. The van der Waals surface area contributed by atoms with Crippen molar-refractivity contribution in [3.05, 3.63) is 71.8 Å². The van der Waals surface area contributed by atoms with Crippen LogP contribution in [0, 0.1) is 0 Å². The molecule has 5 atom stereocenters. The lowest BCUT2D eigenvalue weighted by Gasteiger charge is -2.40. The van der Waals surface area contributed by atoms with Crippen molar-refractivity contribution in [2.45, 2.75) is 35.5 Å². The Morgan fingerprint density at radius 3 is 1.81 bits per heavy atom. The number of benzene rings is 2. The van der Waals surface area contributed by atoms with Crippen LogP contribution >= 0.6 is 22.6 Å². The van der Waals surface area contributed by atoms with Crippen molar-refractivity contribution in [1.29, 1.82) is 0 Å². The third-order valence-electron chi connectivity index (χ3n) is 4.23. The van der Waals surface area contributed by atoms with Crippen molar-refractivity contribution in [2.75, 3.05) is 0 Å². The largest absolute Gasteiger partial charge is 0.453 e. The van der Waals surface area contributed by atoms with Gasteiger partial charge in [0, 0.05) is 0 Å². The van der Waals surface area contributed by atoms with Gasteiger partial charge in [-0.3, -0.25) is 0 Å². The van der Waals surface area contributed by atoms with E-state index in [4.69, 9.17) is 14.2 Å². The van der Waals surface area contributed by atoms with E-state index in [1.165, 1.54) is 0 Å². The molecule has 142 valence electrons. The van der Waals surface area contributed by atoms with Crippen LogP contribution in [0.5, 0.6) is 0 Å². The minimum absolute atomic E-state index is 0.313. The first-order valence-electron chi connectivity index (χ1n) is 8.47. The second-order valence-electron chi connectivity index (χ2n) is 6.15. The normalized spacial score (nSPS) is 27.6. The Bertz CT molecular complexity index is 782. The van der Waals surface area contributed by atoms with E-state index in [2.05, 4.69) is 22.6 Å². The molecule has 7 heteroatoms. The summed E-state index contributed by atoms with van der Waals surface area (Å²) in [6.45, 7) is 1.76. The van der Waals surface area contributed by atoms with Crippen molar-refractivity contribution in [1.82, 2.24) is 0 Å². The van der Waals surface area contributed by atoms with Crippen molar-refractivity contribution < 1.29 is 28.9 Å². The van der Waals surface area contributed by atoms with E-state index in [9.17, 15) is 14.7 Å². The molecule has 0 amide bonds. The average Bonchev–Trinajstić information content (AvgIpc) is 2.69. The second-order valence-corrected chi connectivity index (χ2v) is 7.59. The number of hydrogen-bond donors (Lipinski definition) is 1. The third-order valence-corrected chi connectivity index (χ3v) is 5.95. The standard InChI is InChI=1S/C20H19IO6/c1-12-15(21)16(26-18(22)13-8-4-2-5-9-13)17(20(24)25-12)27-19(23)14-10-6-3-7-11-14/h2-12,15-17,20,24H,1H3/t12-,15-,16-,17-,20+/m0/s1. The van der Waals surface area contributed by atoms with Crippen molar-refractivity contribution >= 4 is 34.5 Å². The van der Waals surface area contributed by atoms with Gasteiger partial charge in [0.2, 0.25) is 0 Å². The summed E-state index contributed by atoms with van der Waals surface area (Å²) in [4.78, 5) is 24.9. The van der Waals surface area contributed by atoms with E-state index < -0.39 is 30.4 Å². The van der Waals surface area contributed by atoms with E-state index >= 15 is 0 Å². The Hall–Kier alpha value is -1.97. The molecule has 0 radical (unpaired) electrons. The number of ether oxygens (including phenoxy) is 3. The fourth-order valence-corrected chi connectivity index (χ4v) is 3.50. The van der Waals surface area contributed by atoms with Crippen LogP contribution in [-0.4, -0.2) is 45.6 Å².